The van der Waals surface area contributed by atoms with Crippen LogP contribution in [-0.2, 0) is 13.1 Å². The quantitative estimate of drug-likeness (QED) is 0.255. The van der Waals surface area contributed by atoms with E-state index in [4.69, 9.17) is 0 Å². The van der Waals surface area contributed by atoms with Crippen molar-refractivity contribution in [3.63, 3.8) is 0 Å². The average Bonchev–Trinajstić information content (AvgIpc) is 3.41. The molecule has 10 heteroatoms. The van der Waals surface area contributed by atoms with Gasteiger partial charge in [-0.15, -0.1) is 0 Å². The zero-order valence-corrected chi connectivity index (χ0v) is 23.0. The number of carbonyl (C=O) groups is 2. The number of aryl methyl sites for hydroxylation is 1. The lowest BCUT2D eigenvalue weighted by atomic mass is 10.1. The maximum Gasteiger partial charge on any atom is 0.335 e. The van der Waals surface area contributed by atoms with Crippen molar-refractivity contribution in [1.82, 2.24) is 18.5 Å². The van der Waals surface area contributed by atoms with Crippen LogP contribution in [0.15, 0.2) is 101 Å². The lowest BCUT2D eigenvalue weighted by Gasteiger charge is -2.14. The minimum Gasteiger partial charge on any atom is -0.478 e. The first-order chi connectivity index (χ1) is 20.8. The summed E-state index contributed by atoms with van der Waals surface area (Å²) in [6.45, 7) is 2.22. The number of aromatic nitrogens is 4. The molecule has 0 aliphatic rings. The van der Waals surface area contributed by atoms with E-state index in [9.17, 15) is 28.7 Å². The molecule has 0 spiro atoms. The number of pyridine rings is 1. The van der Waals surface area contributed by atoms with E-state index < -0.39 is 28.8 Å². The molecule has 1 N–H and O–H groups in total. The molecular formula is C33H25FN4O5. The fourth-order valence-electron chi connectivity index (χ4n) is 5.26. The minimum absolute atomic E-state index is 0.0561. The van der Waals surface area contributed by atoms with Gasteiger partial charge in [-0.2, -0.15) is 0 Å². The summed E-state index contributed by atoms with van der Waals surface area (Å²) in [5, 5.41) is 9.65. The Hall–Kier alpha value is -5.64. The molecule has 3 heterocycles. The number of aromatic carboxylic acids is 1. The Labute approximate surface area is 243 Å². The van der Waals surface area contributed by atoms with Gasteiger partial charge in [0.15, 0.2) is 5.82 Å². The van der Waals surface area contributed by atoms with Crippen LogP contribution in [0.2, 0.25) is 0 Å². The van der Waals surface area contributed by atoms with E-state index in [1.165, 1.54) is 47.0 Å². The molecule has 43 heavy (non-hydrogen) atoms. The van der Waals surface area contributed by atoms with Crippen LogP contribution < -0.4 is 11.2 Å². The third-order valence-corrected chi connectivity index (χ3v) is 7.32. The molecule has 9 nitrogen and oxygen atoms in total. The van der Waals surface area contributed by atoms with Crippen molar-refractivity contribution in [2.24, 2.45) is 0 Å². The van der Waals surface area contributed by atoms with Gasteiger partial charge in [-0.1, -0.05) is 37.3 Å². The average molecular weight is 577 g/mol. The zero-order valence-electron chi connectivity index (χ0n) is 23.0. The second kappa shape index (κ2) is 11.0. The number of benzene rings is 3. The van der Waals surface area contributed by atoms with Crippen molar-refractivity contribution in [1.29, 1.82) is 0 Å². The van der Waals surface area contributed by atoms with Gasteiger partial charge in [0, 0.05) is 23.9 Å². The second-order valence-corrected chi connectivity index (χ2v) is 10.1. The summed E-state index contributed by atoms with van der Waals surface area (Å²) < 4.78 is 17.7. The van der Waals surface area contributed by atoms with Gasteiger partial charge in [0.05, 0.1) is 34.2 Å². The summed E-state index contributed by atoms with van der Waals surface area (Å²) in [6, 6.07) is 21.8. The lowest BCUT2D eigenvalue weighted by molar-refractivity contribution is 0.0696. The number of ketones is 1. The van der Waals surface area contributed by atoms with E-state index in [-0.39, 0.29) is 28.9 Å². The van der Waals surface area contributed by atoms with E-state index >= 15 is 0 Å². The van der Waals surface area contributed by atoms with Crippen LogP contribution in [-0.4, -0.2) is 35.4 Å². The fraction of sp³-hybridized carbons (Fsp3) is 0.121. The predicted molar refractivity (Wildman–Crippen MR) is 159 cm³/mol. The van der Waals surface area contributed by atoms with Gasteiger partial charge in [-0.3, -0.25) is 23.1 Å². The highest BCUT2D eigenvalue weighted by Crippen LogP contribution is 2.27. The number of imidazole rings is 1. The molecule has 0 unspecified atom stereocenters. The number of carboxylic acid groups (broad SMARTS) is 1. The molecule has 0 amide bonds. The summed E-state index contributed by atoms with van der Waals surface area (Å²) in [7, 11) is 0. The highest BCUT2D eigenvalue weighted by atomic mass is 19.1. The van der Waals surface area contributed by atoms with Crippen molar-refractivity contribution in [3.8, 4) is 11.3 Å². The summed E-state index contributed by atoms with van der Waals surface area (Å²) in [5.74, 6) is -1.88. The van der Waals surface area contributed by atoms with Gasteiger partial charge >= 0.3 is 11.7 Å². The molecule has 3 aromatic carbocycles. The summed E-state index contributed by atoms with van der Waals surface area (Å²) in [5.41, 5.74) is 1.79. The van der Waals surface area contributed by atoms with E-state index in [1.54, 1.807) is 53.1 Å². The van der Waals surface area contributed by atoms with Crippen LogP contribution >= 0.6 is 0 Å². The first-order valence-corrected chi connectivity index (χ1v) is 13.6. The number of carboxylic acids is 1. The Bertz CT molecular complexity index is 2180. The number of hydrogen-bond acceptors (Lipinski definition) is 5. The number of carbonyl (C=O) groups excluding carboxylic acids is 1. The van der Waals surface area contributed by atoms with Crippen LogP contribution in [0.3, 0.4) is 0 Å². The molecule has 0 atom stereocenters. The summed E-state index contributed by atoms with van der Waals surface area (Å²) in [4.78, 5) is 57.2. The Kier molecular flexibility index (Phi) is 7.03. The maximum atomic E-state index is 13.9. The monoisotopic (exact) mass is 576 g/mol. The molecule has 3 aromatic heterocycles. The molecule has 6 rings (SSSR count). The molecule has 0 aliphatic heterocycles. The predicted octanol–water partition coefficient (Wildman–Crippen LogP) is 5.00. The zero-order chi connectivity index (χ0) is 30.2. The molecule has 214 valence electrons. The van der Waals surface area contributed by atoms with Crippen molar-refractivity contribution in [3.05, 3.63) is 140 Å². The lowest BCUT2D eigenvalue weighted by Crippen LogP contribution is -2.40. The Morgan fingerprint density at radius 3 is 2.40 bits per heavy atom. The number of hydrogen-bond donors (Lipinski definition) is 1. The van der Waals surface area contributed by atoms with Gasteiger partial charge < -0.3 is 5.11 Å². The topological polar surface area (TPSA) is 116 Å². The Morgan fingerprint density at radius 1 is 0.860 bits per heavy atom. The largest absolute Gasteiger partial charge is 0.478 e. The molecule has 0 aliphatic carbocycles. The van der Waals surface area contributed by atoms with Crippen LogP contribution in [0, 0.1) is 5.82 Å². The van der Waals surface area contributed by atoms with Crippen LogP contribution in [0.1, 0.15) is 45.4 Å². The fourth-order valence-corrected chi connectivity index (χ4v) is 5.26. The van der Waals surface area contributed by atoms with Crippen molar-refractivity contribution >= 4 is 28.2 Å². The normalized spacial score (nSPS) is 11.3. The highest BCUT2D eigenvalue weighted by molar-refractivity contribution is 6.09. The van der Waals surface area contributed by atoms with Gasteiger partial charge in [0.1, 0.15) is 5.82 Å². The molecule has 6 aromatic rings. The van der Waals surface area contributed by atoms with E-state index in [0.717, 1.165) is 4.57 Å². The maximum absolute atomic E-state index is 13.9. The third-order valence-electron chi connectivity index (χ3n) is 7.32. The van der Waals surface area contributed by atoms with E-state index in [1.807, 2.05) is 6.92 Å². The van der Waals surface area contributed by atoms with Gasteiger partial charge in [-0.25, -0.2) is 19.0 Å². The first-order valence-electron chi connectivity index (χ1n) is 13.6. The minimum atomic E-state index is -1.08. The van der Waals surface area contributed by atoms with Gasteiger partial charge in [0.2, 0.25) is 5.78 Å². The first kappa shape index (κ1) is 27.5. The third kappa shape index (κ3) is 4.93. The smallest absolute Gasteiger partial charge is 0.335 e. The van der Waals surface area contributed by atoms with E-state index in [2.05, 4.69) is 4.98 Å². The highest BCUT2D eigenvalue weighted by Gasteiger charge is 2.22. The van der Waals surface area contributed by atoms with Crippen LogP contribution in [0.5, 0.6) is 0 Å². The number of nitrogens with zero attached hydrogens (tertiary/aromatic N) is 4. The molecule has 0 saturated carbocycles. The van der Waals surface area contributed by atoms with E-state index in [0.29, 0.717) is 40.8 Å². The van der Waals surface area contributed by atoms with Crippen molar-refractivity contribution < 1.29 is 19.1 Å². The number of fused-ring (bicyclic) bond motifs is 2. The Balaban J connectivity index is 1.49. The SMILES string of the molecule is CCCn1c(=O)n(Cc2ccc(F)cc2)c(=O)c2cc(C(=O)c3nc(-c4cccc(C(=O)O)c4)c4ccccn34)ccc21. The molecule has 0 radical (unpaired) electrons. The van der Waals surface area contributed by atoms with Crippen LogP contribution in [0.25, 0.3) is 27.7 Å². The van der Waals surface area contributed by atoms with Gasteiger partial charge in [0.25, 0.3) is 5.56 Å². The molecular weight excluding hydrogens is 551 g/mol. The van der Waals surface area contributed by atoms with Gasteiger partial charge in [-0.05, 0) is 66.6 Å². The van der Waals surface area contributed by atoms with Crippen molar-refractivity contribution in [2.75, 3.05) is 0 Å². The number of rotatable bonds is 8. The summed E-state index contributed by atoms with van der Waals surface area (Å²) in [6.07, 6.45) is 2.33. The second-order valence-electron chi connectivity index (χ2n) is 10.1. The summed E-state index contributed by atoms with van der Waals surface area (Å²) >= 11 is 0. The molecule has 0 saturated heterocycles. The van der Waals surface area contributed by atoms with Crippen LogP contribution in [0.4, 0.5) is 4.39 Å². The molecule has 0 bridgehead atoms. The van der Waals surface area contributed by atoms with Crippen molar-refractivity contribution in [2.45, 2.75) is 26.4 Å². The Morgan fingerprint density at radius 2 is 1.65 bits per heavy atom. The standard InChI is InChI=1S/C33H25FN4O5/c1-2-15-37-26-14-11-22(18-25(26)31(40)38(33(37)43)19-20-9-12-24(34)13-10-20)29(39)30-35-28(27-8-3-4-16-36(27)30)21-6-5-7-23(17-21)32(41)42/h3-14,16-18H,2,15,19H2,1H3,(H,41,42). The molecule has 0 fully saturated rings. The number of halogens is 1.